The lowest BCUT2D eigenvalue weighted by Gasteiger charge is -2.18. The summed E-state index contributed by atoms with van der Waals surface area (Å²) in [5, 5.41) is 12.4. The lowest BCUT2D eigenvalue weighted by atomic mass is 10.1. The molecule has 0 amide bonds. The van der Waals surface area contributed by atoms with E-state index in [0.717, 1.165) is 5.56 Å². The first kappa shape index (κ1) is 12.8. The summed E-state index contributed by atoms with van der Waals surface area (Å²) in [7, 11) is 0. The summed E-state index contributed by atoms with van der Waals surface area (Å²) in [6.07, 6.45) is 0.535. The smallest absolute Gasteiger partial charge is 0.337 e. The van der Waals surface area contributed by atoms with Crippen molar-refractivity contribution in [2.75, 3.05) is 9.74 Å². The van der Waals surface area contributed by atoms with E-state index in [2.05, 4.69) is 5.32 Å². The van der Waals surface area contributed by atoms with E-state index in [4.69, 9.17) is 11.8 Å². The Morgan fingerprint density at radius 2 is 1.95 bits per heavy atom. The number of halogens is 1. The fraction of sp³-hybridized carbons (Fsp3) is 0.133. The molecule has 102 valence electrons. The number of aromatic carboxylic acids is 1. The molecule has 2 aromatic carbocycles. The molecule has 3 rings (SSSR count). The van der Waals surface area contributed by atoms with Crippen molar-refractivity contribution in [3.63, 3.8) is 0 Å². The van der Waals surface area contributed by atoms with Gasteiger partial charge in [0.25, 0.3) is 0 Å². The Bertz CT molecular complexity index is 646. The van der Waals surface area contributed by atoms with E-state index < -0.39 is 5.97 Å². The number of carbonyl (C=O) groups is 1. The Kier molecular flexibility index (Phi) is 3.24. The third-order valence-electron chi connectivity index (χ3n) is 3.36. The second-order valence-electron chi connectivity index (χ2n) is 4.67. The highest BCUT2D eigenvalue weighted by Gasteiger charge is 2.30. The van der Waals surface area contributed by atoms with Gasteiger partial charge >= 0.3 is 5.97 Å². The van der Waals surface area contributed by atoms with E-state index in [1.165, 1.54) is 0 Å². The Morgan fingerprint density at radius 1 is 1.20 bits per heavy atom. The fourth-order valence-electron chi connectivity index (χ4n) is 2.41. The van der Waals surface area contributed by atoms with Crippen molar-refractivity contribution in [2.45, 2.75) is 12.6 Å². The van der Waals surface area contributed by atoms with E-state index >= 15 is 0 Å². The summed E-state index contributed by atoms with van der Waals surface area (Å²) < 4.78 is 1.56. The number of hydrogen-bond donors (Lipinski definition) is 2. The van der Waals surface area contributed by atoms with Gasteiger partial charge in [0.1, 0.15) is 6.17 Å². The molecule has 0 bridgehead atoms. The Hall–Kier alpha value is -2.20. The van der Waals surface area contributed by atoms with Crippen molar-refractivity contribution in [1.29, 1.82) is 0 Å². The number of nitrogens with one attached hydrogen (secondary N) is 1. The second kappa shape index (κ2) is 5.06. The number of carboxylic acids is 1. The summed E-state index contributed by atoms with van der Waals surface area (Å²) in [6.45, 7) is 0. The maximum atomic E-state index is 11.2. The standard InChI is InChI=1S/C15H13ClN2O2/c16-18-12-8-4-7-11(15(19)20)14(12)17-13(18)9-10-5-2-1-3-6-10/h1-8,13,17H,9H2,(H,19,20). The van der Waals surface area contributed by atoms with Gasteiger partial charge in [-0.3, -0.25) is 4.42 Å². The molecular weight excluding hydrogens is 276 g/mol. The molecule has 1 heterocycles. The molecule has 2 aromatic rings. The highest BCUT2D eigenvalue weighted by molar-refractivity contribution is 6.28. The van der Waals surface area contributed by atoms with Gasteiger partial charge in [0, 0.05) is 18.2 Å². The largest absolute Gasteiger partial charge is 0.478 e. The van der Waals surface area contributed by atoms with Crippen LogP contribution in [0.15, 0.2) is 48.5 Å². The molecule has 0 radical (unpaired) electrons. The molecule has 1 atom stereocenters. The molecule has 0 aliphatic carbocycles. The van der Waals surface area contributed by atoms with Gasteiger partial charge in [-0.15, -0.1) is 0 Å². The third-order valence-corrected chi connectivity index (χ3v) is 3.78. The third kappa shape index (κ3) is 2.18. The molecule has 1 unspecified atom stereocenters. The molecule has 0 aromatic heterocycles. The Morgan fingerprint density at radius 3 is 2.65 bits per heavy atom. The zero-order valence-electron chi connectivity index (χ0n) is 10.6. The van der Waals surface area contributed by atoms with Crippen LogP contribution >= 0.6 is 11.8 Å². The molecular formula is C15H13ClN2O2. The van der Waals surface area contributed by atoms with Crippen molar-refractivity contribution in [3.05, 3.63) is 59.7 Å². The number of benzene rings is 2. The summed E-state index contributed by atoms with van der Waals surface area (Å²) in [5.74, 6) is -0.959. The van der Waals surface area contributed by atoms with Crippen molar-refractivity contribution in [2.24, 2.45) is 0 Å². The first-order valence-electron chi connectivity index (χ1n) is 6.28. The number of rotatable bonds is 3. The van der Waals surface area contributed by atoms with Crippen LogP contribution in [0.4, 0.5) is 11.4 Å². The summed E-state index contributed by atoms with van der Waals surface area (Å²) in [5.41, 5.74) is 2.66. The van der Waals surface area contributed by atoms with Gasteiger partial charge in [0.05, 0.1) is 16.9 Å². The highest BCUT2D eigenvalue weighted by Crippen LogP contribution is 2.39. The molecule has 5 heteroatoms. The Labute approximate surface area is 121 Å². The normalized spacial score (nSPS) is 16.6. The van der Waals surface area contributed by atoms with E-state index in [-0.39, 0.29) is 11.7 Å². The van der Waals surface area contributed by atoms with Gasteiger partial charge in [-0.25, -0.2) is 4.79 Å². The van der Waals surface area contributed by atoms with Crippen LogP contribution in [-0.4, -0.2) is 17.2 Å². The quantitative estimate of drug-likeness (QED) is 0.851. The van der Waals surface area contributed by atoms with Crippen LogP contribution in [0.1, 0.15) is 15.9 Å². The molecule has 1 aliphatic heterocycles. The minimum absolute atomic E-state index is 0.158. The summed E-state index contributed by atoms with van der Waals surface area (Å²) in [6, 6.07) is 15.0. The molecule has 0 spiro atoms. The molecule has 20 heavy (non-hydrogen) atoms. The SMILES string of the molecule is O=C(O)c1cccc2c1NC(Cc1ccccc1)N2Cl. The number of nitrogens with zero attached hydrogens (tertiary/aromatic N) is 1. The molecule has 0 saturated heterocycles. The maximum Gasteiger partial charge on any atom is 0.337 e. The summed E-state index contributed by atoms with van der Waals surface area (Å²) >= 11 is 6.31. The van der Waals surface area contributed by atoms with Crippen molar-refractivity contribution in [1.82, 2.24) is 0 Å². The van der Waals surface area contributed by atoms with Gasteiger partial charge < -0.3 is 10.4 Å². The van der Waals surface area contributed by atoms with Gasteiger partial charge in [0.2, 0.25) is 0 Å². The minimum Gasteiger partial charge on any atom is -0.478 e. The van der Waals surface area contributed by atoms with E-state index in [1.807, 2.05) is 36.4 Å². The van der Waals surface area contributed by atoms with Crippen LogP contribution in [0.25, 0.3) is 0 Å². The average molecular weight is 289 g/mol. The lowest BCUT2D eigenvalue weighted by molar-refractivity contribution is 0.0698. The van der Waals surface area contributed by atoms with Crippen molar-refractivity contribution >= 4 is 29.1 Å². The zero-order valence-corrected chi connectivity index (χ0v) is 11.3. The average Bonchev–Trinajstić information content (AvgIpc) is 2.77. The highest BCUT2D eigenvalue weighted by atomic mass is 35.5. The summed E-state index contributed by atoms with van der Waals surface area (Å²) in [4.78, 5) is 11.2. The van der Waals surface area contributed by atoms with E-state index in [0.29, 0.717) is 17.8 Å². The van der Waals surface area contributed by atoms with Gasteiger partial charge in [0.15, 0.2) is 0 Å². The Balaban J connectivity index is 1.89. The number of carboxylic acid groups (broad SMARTS) is 1. The molecule has 0 fully saturated rings. The van der Waals surface area contributed by atoms with Crippen LogP contribution in [0.2, 0.25) is 0 Å². The molecule has 2 N–H and O–H groups in total. The van der Waals surface area contributed by atoms with Gasteiger partial charge in [-0.1, -0.05) is 36.4 Å². The van der Waals surface area contributed by atoms with Crippen LogP contribution in [0.3, 0.4) is 0 Å². The molecule has 4 nitrogen and oxygen atoms in total. The van der Waals surface area contributed by atoms with E-state index in [9.17, 15) is 9.90 Å². The predicted octanol–water partition coefficient (Wildman–Crippen LogP) is 3.34. The number of fused-ring (bicyclic) bond motifs is 1. The first-order valence-corrected chi connectivity index (χ1v) is 6.62. The zero-order chi connectivity index (χ0) is 14.1. The van der Waals surface area contributed by atoms with E-state index in [1.54, 1.807) is 16.6 Å². The maximum absolute atomic E-state index is 11.2. The van der Waals surface area contributed by atoms with Crippen molar-refractivity contribution in [3.8, 4) is 0 Å². The topological polar surface area (TPSA) is 52.6 Å². The van der Waals surface area contributed by atoms with Crippen molar-refractivity contribution < 1.29 is 9.90 Å². The van der Waals surface area contributed by atoms with Gasteiger partial charge in [-0.05, 0) is 17.7 Å². The van der Waals surface area contributed by atoms with Crippen LogP contribution < -0.4 is 9.74 Å². The second-order valence-corrected chi connectivity index (χ2v) is 5.03. The van der Waals surface area contributed by atoms with Crippen LogP contribution in [0, 0.1) is 0 Å². The van der Waals surface area contributed by atoms with Gasteiger partial charge in [-0.2, -0.15) is 0 Å². The number of para-hydroxylation sites is 1. The molecule has 0 saturated carbocycles. The minimum atomic E-state index is -0.959. The first-order chi connectivity index (χ1) is 9.66. The fourth-order valence-corrected chi connectivity index (χ4v) is 2.67. The monoisotopic (exact) mass is 288 g/mol. The molecule has 1 aliphatic rings. The van der Waals surface area contributed by atoms with Crippen LogP contribution in [-0.2, 0) is 6.42 Å². The predicted molar refractivity (Wildman–Crippen MR) is 79.3 cm³/mol. The number of hydrogen-bond acceptors (Lipinski definition) is 3. The van der Waals surface area contributed by atoms with Crippen LogP contribution in [0.5, 0.6) is 0 Å². The lowest BCUT2D eigenvalue weighted by Crippen LogP contribution is -2.30. The number of anilines is 2.